The number of halogens is 1. The van der Waals surface area contributed by atoms with Gasteiger partial charge in [-0.3, -0.25) is 4.90 Å². The van der Waals surface area contributed by atoms with Gasteiger partial charge < -0.3 is 5.11 Å². The molecule has 0 saturated carbocycles. The largest absolute Gasteiger partial charge is 0.507 e. The first kappa shape index (κ1) is 20.3. The van der Waals surface area contributed by atoms with Crippen LogP contribution >= 0.6 is 8.58 Å². The molecule has 146 valence electrons. The van der Waals surface area contributed by atoms with Gasteiger partial charge >= 0.3 is 0 Å². The molecule has 1 heterocycles. The summed E-state index contributed by atoms with van der Waals surface area (Å²) in [5.41, 5.74) is 3.20. The third-order valence-corrected chi connectivity index (χ3v) is 6.75. The van der Waals surface area contributed by atoms with E-state index in [2.05, 4.69) is 37.8 Å². The molecule has 0 spiro atoms. The van der Waals surface area contributed by atoms with E-state index in [1.807, 2.05) is 13.0 Å². The Bertz CT molecular complexity index is 807. The van der Waals surface area contributed by atoms with Crippen LogP contribution in [0.15, 0.2) is 30.3 Å². The number of aryl methyl sites for hydroxylation is 1. The molecule has 1 unspecified atom stereocenters. The molecule has 0 aliphatic carbocycles. The summed E-state index contributed by atoms with van der Waals surface area (Å²) in [5, 5.41) is 12.7. The standard InChI is InChI=1S/C23H31FNOP/c1-16-12-18(23(2,3)4)14-21(22(16)26)27-20-9-8-19(24)13-17(20)15-25-10-6-5-7-11-25/h8-9,12-14,26-27H,5-7,10-11,15H2,1-4H3. The number of piperidine rings is 1. The Morgan fingerprint density at radius 1 is 1.04 bits per heavy atom. The van der Waals surface area contributed by atoms with Gasteiger partial charge in [0.25, 0.3) is 0 Å². The lowest BCUT2D eigenvalue weighted by molar-refractivity contribution is 0.221. The van der Waals surface area contributed by atoms with Gasteiger partial charge in [-0.1, -0.05) is 47.9 Å². The molecule has 27 heavy (non-hydrogen) atoms. The average molecular weight is 387 g/mol. The molecule has 2 nitrogen and oxygen atoms in total. The summed E-state index contributed by atoms with van der Waals surface area (Å²) in [4.78, 5) is 2.42. The van der Waals surface area contributed by atoms with Crippen molar-refractivity contribution in [3.05, 3.63) is 52.8 Å². The lowest BCUT2D eigenvalue weighted by Crippen LogP contribution is -2.30. The molecule has 1 atom stereocenters. The number of benzene rings is 2. The first-order valence-electron chi connectivity index (χ1n) is 9.86. The zero-order valence-corrected chi connectivity index (χ0v) is 17.9. The highest BCUT2D eigenvalue weighted by Crippen LogP contribution is 2.30. The van der Waals surface area contributed by atoms with Gasteiger partial charge in [-0.15, -0.1) is 0 Å². The molecule has 4 heteroatoms. The summed E-state index contributed by atoms with van der Waals surface area (Å²) in [7, 11) is 0.320. The van der Waals surface area contributed by atoms with Crippen molar-refractivity contribution in [1.29, 1.82) is 0 Å². The fourth-order valence-corrected chi connectivity index (χ4v) is 4.94. The maximum atomic E-state index is 13.9. The molecule has 3 rings (SSSR count). The smallest absolute Gasteiger partial charge is 0.126 e. The summed E-state index contributed by atoms with van der Waals surface area (Å²) in [6.07, 6.45) is 3.74. The summed E-state index contributed by atoms with van der Waals surface area (Å²) < 4.78 is 13.9. The predicted octanol–water partition coefficient (Wildman–Crippen LogP) is 4.75. The summed E-state index contributed by atoms with van der Waals surface area (Å²) in [6, 6.07) is 9.30. The first-order chi connectivity index (χ1) is 12.7. The van der Waals surface area contributed by atoms with Crippen LogP contribution in [0.25, 0.3) is 0 Å². The Hall–Kier alpha value is -1.44. The van der Waals surface area contributed by atoms with Crippen molar-refractivity contribution >= 4 is 19.2 Å². The van der Waals surface area contributed by atoms with Gasteiger partial charge in [-0.25, -0.2) is 4.39 Å². The SMILES string of the molecule is Cc1cc(C(C)(C)C)cc(Pc2ccc(F)cc2CN2CCCCC2)c1O. The Labute approximate surface area is 164 Å². The molecule has 0 radical (unpaired) electrons. The highest BCUT2D eigenvalue weighted by Gasteiger charge is 2.19. The number of aromatic hydroxyl groups is 1. The normalized spacial score (nSPS) is 16.3. The predicted molar refractivity (Wildman–Crippen MR) is 115 cm³/mol. The van der Waals surface area contributed by atoms with Crippen molar-refractivity contribution in [3.8, 4) is 5.75 Å². The summed E-state index contributed by atoms with van der Waals surface area (Å²) in [5.74, 6) is 0.189. The molecule has 0 bridgehead atoms. The molecular formula is C23H31FNOP. The van der Waals surface area contributed by atoms with E-state index in [1.54, 1.807) is 12.1 Å². The number of rotatable bonds is 4. The lowest BCUT2D eigenvalue weighted by atomic mass is 9.86. The second-order valence-electron chi connectivity index (χ2n) is 8.70. The first-order valence-corrected chi connectivity index (χ1v) is 10.9. The molecule has 1 fully saturated rings. The minimum Gasteiger partial charge on any atom is -0.507 e. The number of hydrogen-bond acceptors (Lipinski definition) is 2. The summed E-state index contributed by atoms with van der Waals surface area (Å²) in [6.45, 7) is 11.5. The molecule has 1 aliphatic heterocycles. The minimum absolute atomic E-state index is 0.0249. The highest BCUT2D eigenvalue weighted by molar-refractivity contribution is 7.55. The second kappa shape index (κ2) is 8.29. The van der Waals surface area contributed by atoms with Gasteiger partial charge in [0.2, 0.25) is 0 Å². The van der Waals surface area contributed by atoms with Crippen LogP contribution in [0.4, 0.5) is 4.39 Å². The van der Waals surface area contributed by atoms with Crippen molar-refractivity contribution in [2.75, 3.05) is 13.1 Å². The van der Waals surface area contributed by atoms with Gasteiger partial charge in [0.15, 0.2) is 0 Å². The Morgan fingerprint density at radius 2 is 1.74 bits per heavy atom. The molecule has 2 aromatic rings. The van der Waals surface area contributed by atoms with Crippen LogP contribution in [0.1, 0.15) is 56.7 Å². The molecule has 0 aromatic heterocycles. The number of phenols is 1. The molecule has 0 amide bonds. The zero-order valence-electron chi connectivity index (χ0n) is 16.9. The van der Waals surface area contributed by atoms with Gasteiger partial charge in [0, 0.05) is 11.8 Å². The zero-order chi connectivity index (χ0) is 19.6. The Kier molecular flexibility index (Phi) is 6.23. The molecule has 1 N–H and O–H groups in total. The topological polar surface area (TPSA) is 23.5 Å². The average Bonchev–Trinajstić information content (AvgIpc) is 2.61. The van der Waals surface area contributed by atoms with Crippen LogP contribution in [-0.2, 0) is 12.0 Å². The van der Waals surface area contributed by atoms with Crippen LogP contribution in [0.3, 0.4) is 0 Å². The van der Waals surface area contributed by atoms with Crippen LogP contribution in [-0.4, -0.2) is 23.1 Å². The highest BCUT2D eigenvalue weighted by atomic mass is 31.1. The van der Waals surface area contributed by atoms with Gasteiger partial charge in [0.05, 0.1) is 0 Å². The monoisotopic (exact) mass is 387 g/mol. The fraction of sp³-hybridized carbons (Fsp3) is 0.478. The van der Waals surface area contributed by atoms with E-state index >= 15 is 0 Å². The molecule has 1 aliphatic rings. The van der Waals surface area contributed by atoms with Crippen molar-refractivity contribution in [2.24, 2.45) is 0 Å². The van der Waals surface area contributed by atoms with E-state index in [4.69, 9.17) is 0 Å². The number of hydrogen-bond donors (Lipinski definition) is 1. The Balaban J connectivity index is 1.92. The van der Waals surface area contributed by atoms with Crippen LogP contribution < -0.4 is 10.6 Å². The Morgan fingerprint density at radius 3 is 2.41 bits per heavy atom. The number of likely N-dealkylation sites (tertiary alicyclic amines) is 1. The van der Waals surface area contributed by atoms with Crippen LogP contribution in [0.5, 0.6) is 5.75 Å². The molecular weight excluding hydrogens is 356 g/mol. The minimum atomic E-state index is -0.181. The van der Waals surface area contributed by atoms with Crippen molar-refractivity contribution in [2.45, 2.75) is 58.9 Å². The fourth-order valence-electron chi connectivity index (χ4n) is 3.63. The lowest BCUT2D eigenvalue weighted by Gasteiger charge is -2.27. The van der Waals surface area contributed by atoms with Gasteiger partial charge in [-0.2, -0.15) is 0 Å². The number of phenolic OH excluding ortho intramolecular Hbond substituents is 1. The van der Waals surface area contributed by atoms with E-state index in [1.165, 1.54) is 24.8 Å². The van der Waals surface area contributed by atoms with Gasteiger partial charge in [0.1, 0.15) is 11.6 Å². The maximum absolute atomic E-state index is 13.9. The molecule has 1 saturated heterocycles. The van der Waals surface area contributed by atoms with Crippen molar-refractivity contribution in [3.63, 3.8) is 0 Å². The third kappa shape index (κ3) is 5.09. The van der Waals surface area contributed by atoms with Crippen LogP contribution in [0, 0.1) is 12.7 Å². The van der Waals surface area contributed by atoms with Gasteiger partial charge in [-0.05, 0) is 78.5 Å². The van der Waals surface area contributed by atoms with Crippen molar-refractivity contribution in [1.82, 2.24) is 4.90 Å². The van der Waals surface area contributed by atoms with E-state index in [-0.39, 0.29) is 11.2 Å². The van der Waals surface area contributed by atoms with E-state index in [0.717, 1.165) is 41.4 Å². The number of nitrogens with zero attached hydrogens (tertiary/aromatic N) is 1. The van der Waals surface area contributed by atoms with E-state index in [0.29, 0.717) is 14.3 Å². The van der Waals surface area contributed by atoms with Crippen LogP contribution in [0.2, 0.25) is 0 Å². The molecule has 2 aromatic carbocycles. The second-order valence-corrected chi connectivity index (χ2v) is 10.0. The summed E-state index contributed by atoms with van der Waals surface area (Å²) >= 11 is 0. The third-order valence-electron chi connectivity index (χ3n) is 5.35. The quantitative estimate of drug-likeness (QED) is 0.765. The van der Waals surface area contributed by atoms with E-state index < -0.39 is 0 Å². The van der Waals surface area contributed by atoms with E-state index in [9.17, 15) is 9.50 Å². The maximum Gasteiger partial charge on any atom is 0.126 e. The van der Waals surface area contributed by atoms with Crippen molar-refractivity contribution < 1.29 is 9.50 Å².